The standard InChI is InChI=1S/C13H25N5O/c1-13(2,17(4)5)9-15-12(19)11(14-3)10-7-16-18(6)8-10/h7-8,11,14H,9H2,1-6H3,(H,15,19). The summed E-state index contributed by atoms with van der Waals surface area (Å²) >= 11 is 0. The Morgan fingerprint density at radius 3 is 2.58 bits per heavy atom. The van der Waals surface area contributed by atoms with Crippen LogP contribution in [0, 0.1) is 0 Å². The zero-order valence-corrected chi connectivity index (χ0v) is 12.7. The third kappa shape index (κ3) is 4.04. The molecule has 0 saturated heterocycles. The van der Waals surface area contributed by atoms with Crippen LogP contribution < -0.4 is 10.6 Å². The zero-order chi connectivity index (χ0) is 14.6. The molecular formula is C13H25N5O. The summed E-state index contributed by atoms with van der Waals surface area (Å²) in [7, 11) is 7.61. The van der Waals surface area contributed by atoms with Crippen molar-refractivity contribution in [3.8, 4) is 0 Å². The molecule has 1 unspecified atom stereocenters. The molecule has 1 amide bonds. The predicted octanol–water partition coefficient (Wildman–Crippen LogP) is 0.137. The molecule has 0 radical (unpaired) electrons. The fraction of sp³-hybridized carbons (Fsp3) is 0.692. The number of hydrogen-bond acceptors (Lipinski definition) is 4. The van der Waals surface area contributed by atoms with Crippen LogP contribution in [0.3, 0.4) is 0 Å². The molecule has 6 heteroatoms. The topological polar surface area (TPSA) is 62.2 Å². The molecule has 1 aromatic rings. The number of aryl methyl sites for hydroxylation is 1. The van der Waals surface area contributed by atoms with E-state index in [4.69, 9.17) is 0 Å². The fourth-order valence-corrected chi connectivity index (χ4v) is 1.60. The van der Waals surface area contributed by atoms with E-state index in [9.17, 15) is 4.79 Å². The third-order valence-electron chi connectivity index (χ3n) is 3.51. The Kier molecular flexibility index (Phi) is 5.08. The molecule has 1 rings (SSSR count). The smallest absolute Gasteiger partial charge is 0.241 e. The van der Waals surface area contributed by atoms with E-state index in [1.165, 1.54) is 0 Å². The Morgan fingerprint density at radius 2 is 2.16 bits per heavy atom. The summed E-state index contributed by atoms with van der Waals surface area (Å²) in [6.07, 6.45) is 3.55. The Hall–Kier alpha value is -1.40. The Labute approximate surface area is 115 Å². The second-order valence-corrected chi connectivity index (χ2v) is 5.59. The monoisotopic (exact) mass is 267 g/mol. The highest BCUT2D eigenvalue weighted by Gasteiger charge is 2.25. The highest BCUT2D eigenvalue weighted by molar-refractivity contribution is 5.83. The molecule has 0 aliphatic rings. The van der Waals surface area contributed by atoms with Crippen molar-refractivity contribution in [1.82, 2.24) is 25.3 Å². The number of likely N-dealkylation sites (N-methyl/N-ethyl adjacent to an activating group) is 2. The minimum absolute atomic E-state index is 0.0366. The van der Waals surface area contributed by atoms with E-state index in [2.05, 4.69) is 34.5 Å². The van der Waals surface area contributed by atoms with Crippen LogP contribution in [0.1, 0.15) is 25.5 Å². The lowest BCUT2D eigenvalue weighted by atomic mass is 10.0. The number of aromatic nitrogens is 2. The van der Waals surface area contributed by atoms with Gasteiger partial charge in [-0.2, -0.15) is 5.10 Å². The number of hydrogen-bond donors (Lipinski definition) is 2. The van der Waals surface area contributed by atoms with Crippen LogP contribution in [-0.2, 0) is 11.8 Å². The van der Waals surface area contributed by atoms with E-state index in [1.54, 1.807) is 17.9 Å². The largest absolute Gasteiger partial charge is 0.353 e. The Balaban J connectivity index is 2.66. The van der Waals surface area contributed by atoms with Crippen LogP contribution in [0.4, 0.5) is 0 Å². The van der Waals surface area contributed by atoms with Crippen molar-refractivity contribution in [3.05, 3.63) is 18.0 Å². The molecule has 108 valence electrons. The second kappa shape index (κ2) is 6.16. The van der Waals surface area contributed by atoms with Gasteiger partial charge in [-0.1, -0.05) is 0 Å². The molecule has 0 bridgehead atoms. The summed E-state index contributed by atoms with van der Waals surface area (Å²) in [6.45, 7) is 4.77. The zero-order valence-electron chi connectivity index (χ0n) is 12.7. The number of nitrogens with one attached hydrogen (secondary N) is 2. The van der Waals surface area contributed by atoms with Gasteiger partial charge in [0.1, 0.15) is 6.04 Å². The highest BCUT2D eigenvalue weighted by Crippen LogP contribution is 2.13. The number of amides is 1. The van der Waals surface area contributed by atoms with Gasteiger partial charge in [-0.05, 0) is 35.0 Å². The molecule has 1 atom stereocenters. The fourth-order valence-electron chi connectivity index (χ4n) is 1.60. The van der Waals surface area contributed by atoms with Gasteiger partial charge in [0.2, 0.25) is 5.91 Å². The van der Waals surface area contributed by atoms with Gasteiger partial charge in [0.25, 0.3) is 0 Å². The van der Waals surface area contributed by atoms with Crippen molar-refractivity contribution < 1.29 is 4.79 Å². The summed E-state index contributed by atoms with van der Waals surface area (Å²) < 4.78 is 1.69. The second-order valence-electron chi connectivity index (χ2n) is 5.59. The van der Waals surface area contributed by atoms with E-state index >= 15 is 0 Å². The van der Waals surface area contributed by atoms with Crippen molar-refractivity contribution in [1.29, 1.82) is 0 Å². The van der Waals surface area contributed by atoms with Gasteiger partial charge < -0.3 is 15.5 Å². The van der Waals surface area contributed by atoms with Gasteiger partial charge >= 0.3 is 0 Å². The summed E-state index contributed by atoms with van der Waals surface area (Å²) in [5, 5.41) is 10.1. The maximum absolute atomic E-state index is 12.2. The quantitative estimate of drug-likeness (QED) is 0.769. The maximum atomic E-state index is 12.2. The summed E-state index contributed by atoms with van der Waals surface area (Å²) in [5.74, 6) is -0.0366. The molecule has 2 N–H and O–H groups in total. The van der Waals surface area contributed by atoms with Crippen LogP contribution in [0.2, 0.25) is 0 Å². The lowest BCUT2D eigenvalue weighted by Gasteiger charge is -2.33. The van der Waals surface area contributed by atoms with Gasteiger partial charge in [0, 0.05) is 30.9 Å². The van der Waals surface area contributed by atoms with E-state index in [1.807, 2.05) is 27.3 Å². The molecule has 1 heterocycles. The maximum Gasteiger partial charge on any atom is 0.241 e. The van der Waals surface area contributed by atoms with Crippen LogP contribution in [0.15, 0.2) is 12.4 Å². The lowest BCUT2D eigenvalue weighted by Crippen LogP contribution is -2.50. The van der Waals surface area contributed by atoms with Crippen LogP contribution in [0.25, 0.3) is 0 Å². The van der Waals surface area contributed by atoms with Gasteiger partial charge in [0.05, 0.1) is 6.20 Å². The SMILES string of the molecule is CNC(C(=O)NCC(C)(C)N(C)C)c1cnn(C)c1. The first-order valence-corrected chi connectivity index (χ1v) is 6.39. The molecular weight excluding hydrogens is 242 g/mol. The minimum atomic E-state index is -0.369. The van der Waals surface area contributed by atoms with Crippen LogP contribution in [-0.4, -0.2) is 53.8 Å². The summed E-state index contributed by atoms with van der Waals surface area (Å²) in [5.41, 5.74) is 0.785. The average Bonchev–Trinajstić information content (AvgIpc) is 2.74. The van der Waals surface area contributed by atoms with E-state index in [0.717, 1.165) is 5.56 Å². The third-order valence-corrected chi connectivity index (χ3v) is 3.51. The minimum Gasteiger partial charge on any atom is -0.353 e. The lowest BCUT2D eigenvalue weighted by molar-refractivity contribution is -0.123. The van der Waals surface area contributed by atoms with Crippen molar-refractivity contribution >= 4 is 5.91 Å². The predicted molar refractivity (Wildman–Crippen MR) is 75.8 cm³/mol. The number of rotatable bonds is 6. The van der Waals surface area contributed by atoms with Crippen molar-refractivity contribution in [2.24, 2.45) is 7.05 Å². The highest BCUT2D eigenvalue weighted by atomic mass is 16.2. The number of nitrogens with zero attached hydrogens (tertiary/aromatic N) is 3. The molecule has 1 aromatic heterocycles. The van der Waals surface area contributed by atoms with E-state index < -0.39 is 0 Å². The molecule has 19 heavy (non-hydrogen) atoms. The van der Waals surface area contributed by atoms with Crippen LogP contribution >= 0.6 is 0 Å². The van der Waals surface area contributed by atoms with Gasteiger partial charge in [0.15, 0.2) is 0 Å². The van der Waals surface area contributed by atoms with Gasteiger partial charge in [-0.3, -0.25) is 9.48 Å². The number of carbonyl (C=O) groups excluding carboxylic acids is 1. The summed E-state index contributed by atoms with van der Waals surface area (Å²) in [4.78, 5) is 14.3. The molecule has 0 saturated carbocycles. The summed E-state index contributed by atoms with van der Waals surface area (Å²) in [6, 6.07) is -0.369. The average molecular weight is 267 g/mol. The Morgan fingerprint density at radius 1 is 1.53 bits per heavy atom. The molecule has 0 aliphatic heterocycles. The molecule has 0 aromatic carbocycles. The van der Waals surface area contributed by atoms with Crippen LogP contribution in [0.5, 0.6) is 0 Å². The van der Waals surface area contributed by atoms with Gasteiger partial charge in [-0.25, -0.2) is 0 Å². The van der Waals surface area contributed by atoms with E-state index in [0.29, 0.717) is 6.54 Å². The van der Waals surface area contributed by atoms with Gasteiger partial charge in [-0.15, -0.1) is 0 Å². The molecule has 6 nitrogen and oxygen atoms in total. The van der Waals surface area contributed by atoms with Crippen molar-refractivity contribution in [2.75, 3.05) is 27.7 Å². The first kappa shape index (κ1) is 15.7. The Bertz CT molecular complexity index is 424. The first-order valence-electron chi connectivity index (χ1n) is 6.39. The molecule has 0 fully saturated rings. The van der Waals surface area contributed by atoms with Crippen molar-refractivity contribution in [3.63, 3.8) is 0 Å². The molecule has 0 aliphatic carbocycles. The number of carbonyl (C=O) groups is 1. The van der Waals surface area contributed by atoms with Crippen molar-refractivity contribution in [2.45, 2.75) is 25.4 Å². The first-order chi connectivity index (χ1) is 8.77. The normalized spacial score (nSPS) is 13.6. The molecule has 0 spiro atoms. The van der Waals surface area contributed by atoms with E-state index in [-0.39, 0.29) is 17.5 Å².